The number of carbonyl (C=O) groups is 2. The number of hydrogen-bond acceptors (Lipinski definition) is 4. The monoisotopic (exact) mass is 496 g/mol. The molecule has 0 aromatic heterocycles. The van der Waals surface area contributed by atoms with Crippen LogP contribution in [0.1, 0.15) is 30.5 Å². The SMILES string of the molecule is C=CC(=O)OCC.CCOC(=O)/C=C\c1ccc(F)cc1C.Cc1cc(F)ccc1Br. The summed E-state index contributed by atoms with van der Waals surface area (Å²) in [5, 5.41) is 0. The van der Waals surface area contributed by atoms with Crippen molar-refractivity contribution >= 4 is 33.9 Å². The lowest BCUT2D eigenvalue weighted by atomic mass is 10.1. The second-order valence-corrected chi connectivity index (χ2v) is 6.79. The Hall–Kier alpha value is -2.80. The van der Waals surface area contributed by atoms with Gasteiger partial charge in [-0.2, -0.15) is 0 Å². The summed E-state index contributed by atoms with van der Waals surface area (Å²) in [4.78, 5) is 21.1. The lowest BCUT2D eigenvalue weighted by Crippen LogP contribution is -1.98. The minimum absolute atomic E-state index is 0.185. The van der Waals surface area contributed by atoms with Crippen LogP contribution in [-0.2, 0) is 19.1 Å². The summed E-state index contributed by atoms with van der Waals surface area (Å²) < 4.78 is 35.2. The quantitative estimate of drug-likeness (QED) is 0.357. The van der Waals surface area contributed by atoms with E-state index in [9.17, 15) is 18.4 Å². The highest BCUT2D eigenvalue weighted by atomic mass is 79.9. The third-order valence-electron chi connectivity index (χ3n) is 3.49. The van der Waals surface area contributed by atoms with Crippen molar-refractivity contribution in [1.82, 2.24) is 0 Å². The molecular formula is C24H27BrF2O4. The van der Waals surface area contributed by atoms with Crippen molar-refractivity contribution < 1.29 is 27.8 Å². The average molecular weight is 497 g/mol. The van der Waals surface area contributed by atoms with Crippen LogP contribution in [0.25, 0.3) is 6.08 Å². The summed E-state index contributed by atoms with van der Waals surface area (Å²) in [6.07, 6.45) is 4.10. The van der Waals surface area contributed by atoms with E-state index >= 15 is 0 Å². The van der Waals surface area contributed by atoms with E-state index in [1.807, 2.05) is 6.92 Å². The van der Waals surface area contributed by atoms with E-state index < -0.39 is 0 Å². The highest BCUT2D eigenvalue weighted by Crippen LogP contribution is 2.15. The summed E-state index contributed by atoms with van der Waals surface area (Å²) >= 11 is 3.26. The van der Waals surface area contributed by atoms with E-state index in [0.29, 0.717) is 13.2 Å². The maximum absolute atomic E-state index is 12.8. The summed E-state index contributed by atoms with van der Waals surface area (Å²) in [6.45, 7) is 11.1. The number of halogens is 3. The molecule has 0 bridgehead atoms. The maximum Gasteiger partial charge on any atom is 0.330 e. The van der Waals surface area contributed by atoms with Crippen LogP contribution >= 0.6 is 15.9 Å². The van der Waals surface area contributed by atoms with Gasteiger partial charge < -0.3 is 9.47 Å². The van der Waals surface area contributed by atoms with Crippen LogP contribution in [0.3, 0.4) is 0 Å². The number of benzene rings is 2. The third kappa shape index (κ3) is 13.2. The van der Waals surface area contributed by atoms with Crippen molar-refractivity contribution in [2.75, 3.05) is 13.2 Å². The van der Waals surface area contributed by atoms with Gasteiger partial charge in [0.15, 0.2) is 0 Å². The highest BCUT2D eigenvalue weighted by Gasteiger charge is 1.98. The zero-order valence-electron chi connectivity index (χ0n) is 18.1. The number of carbonyl (C=O) groups excluding carboxylic acids is 2. The van der Waals surface area contributed by atoms with Crippen molar-refractivity contribution in [3.05, 3.63) is 87.9 Å². The van der Waals surface area contributed by atoms with Crippen LogP contribution < -0.4 is 0 Å². The second kappa shape index (κ2) is 16.0. The Bertz CT molecular complexity index is 895. The first-order valence-corrected chi connectivity index (χ1v) is 10.3. The molecule has 0 spiro atoms. The number of aryl methyl sites for hydroxylation is 2. The fourth-order valence-corrected chi connectivity index (χ4v) is 2.23. The second-order valence-electron chi connectivity index (χ2n) is 5.94. The predicted octanol–water partition coefficient (Wildman–Crippen LogP) is 6.34. The Morgan fingerprint density at radius 2 is 1.45 bits per heavy atom. The van der Waals surface area contributed by atoms with Crippen LogP contribution in [0.15, 0.2) is 59.6 Å². The van der Waals surface area contributed by atoms with Crippen LogP contribution in [0.5, 0.6) is 0 Å². The molecule has 0 aliphatic rings. The van der Waals surface area contributed by atoms with Gasteiger partial charge in [0.2, 0.25) is 0 Å². The van der Waals surface area contributed by atoms with E-state index in [1.54, 1.807) is 39.0 Å². The molecule has 0 aliphatic heterocycles. The smallest absolute Gasteiger partial charge is 0.330 e. The number of rotatable bonds is 5. The fraction of sp³-hybridized carbons (Fsp3) is 0.250. The molecule has 7 heteroatoms. The van der Waals surface area contributed by atoms with Gasteiger partial charge in [0.1, 0.15) is 11.6 Å². The standard InChI is InChI=1S/C12H13FO2.C7H6BrF.C5H8O2/c1-3-15-12(14)7-5-10-4-6-11(13)8-9(10)2;1-5-4-6(9)2-3-7(5)8;1-3-5(6)7-4-2/h4-8H,3H2,1-2H3;2-4H,1H3;3H,1,4H2,2H3/b7-5-;;. The summed E-state index contributed by atoms with van der Waals surface area (Å²) in [7, 11) is 0. The molecule has 2 aromatic carbocycles. The topological polar surface area (TPSA) is 52.6 Å². The summed E-state index contributed by atoms with van der Waals surface area (Å²) in [5.74, 6) is -1.21. The first-order chi connectivity index (χ1) is 14.6. The molecule has 168 valence electrons. The van der Waals surface area contributed by atoms with Gasteiger partial charge in [-0.1, -0.05) is 28.6 Å². The summed E-state index contributed by atoms with van der Waals surface area (Å²) in [6, 6.07) is 9.02. The molecule has 2 rings (SSSR count). The maximum atomic E-state index is 12.8. The van der Waals surface area contributed by atoms with Crippen molar-refractivity contribution in [1.29, 1.82) is 0 Å². The molecule has 0 fully saturated rings. The third-order valence-corrected chi connectivity index (χ3v) is 4.38. The minimum atomic E-state index is -0.388. The first-order valence-electron chi connectivity index (χ1n) is 9.46. The van der Waals surface area contributed by atoms with Gasteiger partial charge in [0.25, 0.3) is 0 Å². The number of ether oxygens (including phenoxy) is 2. The molecule has 0 saturated heterocycles. The first kappa shape index (κ1) is 28.2. The lowest BCUT2D eigenvalue weighted by Gasteiger charge is -1.99. The Morgan fingerprint density at radius 1 is 0.935 bits per heavy atom. The minimum Gasteiger partial charge on any atom is -0.463 e. The molecule has 4 nitrogen and oxygen atoms in total. The Labute approximate surface area is 190 Å². The molecule has 0 N–H and O–H groups in total. The van der Waals surface area contributed by atoms with Gasteiger partial charge in [0.05, 0.1) is 13.2 Å². The highest BCUT2D eigenvalue weighted by molar-refractivity contribution is 9.10. The molecule has 0 unspecified atom stereocenters. The molecular weight excluding hydrogens is 470 g/mol. The van der Waals surface area contributed by atoms with Gasteiger partial charge in [-0.25, -0.2) is 18.4 Å². The van der Waals surface area contributed by atoms with Gasteiger partial charge in [-0.15, -0.1) is 0 Å². The van der Waals surface area contributed by atoms with E-state index in [4.69, 9.17) is 4.74 Å². The zero-order valence-corrected chi connectivity index (χ0v) is 19.7. The molecule has 0 heterocycles. The normalized spacial score (nSPS) is 9.65. The van der Waals surface area contributed by atoms with E-state index in [2.05, 4.69) is 27.2 Å². The van der Waals surface area contributed by atoms with Gasteiger partial charge in [0, 0.05) is 16.6 Å². The Balaban J connectivity index is 0.000000479. The molecule has 0 aliphatic carbocycles. The van der Waals surface area contributed by atoms with Crippen LogP contribution in [-0.4, -0.2) is 25.2 Å². The van der Waals surface area contributed by atoms with Crippen molar-refractivity contribution in [2.24, 2.45) is 0 Å². The number of esters is 2. The van der Waals surface area contributed by atoms with Crippen molar-refractivity contribution in [2.45, 2.75) is 27.7 Å². The number of hydrogen-bond donors (Lipinski definition) is 0. The molecule has 0 saturated carbocycles. The largest absolute Gasteiger partial charge is 0.463 e. The van der Waals surface area contributed by atoms with Crippen molar-refractivity contribution in [3.8, 4) is 0 Å². The molecule has 0 amide bonds. The predicted molar refractivity (Wildman–Crippen MR) is 122 cm³/mol. The molecule has 0 radical (unpaired) electrons. The zero-order chi connectivity index (χ0) is 23.8. The summed E-state index contributed by atoms with van der Waals surface area (Å²) in [5.41, 5.74) is 2.52. The fourth-order valence-electron chi connectivity index (χ4n) is 1.98. The molecule has 0 atom stereocenters. The van der Waals surface area contributed by atoms with Crippen LogP contribution in [0.4, 0.5) is 8.78 Å². The van der Waals surface area contributed by atoms with Gasteiger partial charge in [-0.3, -0.25) is 0 Å². The Kier molecular flexibility index (Phi) is 14.5. The van der Waals surface area contributed by atoms with Crippen LogP contribution in [0.2, 0.25) is 0 Å². The van der Waals surface area contributed by atoms with E-state index in [1.165, 1.54) is 30.3 Å². The van der Waals surface area contributed by atoms with Crippen LogP contribution in [0, 0.1) is 25.5 Å². The van der Waals surface area contributed by atoms with E-state index in [-0.39, 0.29) is 23.6 Å². The molecule has 2 aromatic rings. The van der Waals surface area contributed by atoms with Crippen molar-refractivity contribution in [3.63, 3.8) is 0 Å². The van der Waals surface area contributed by atoms with Gasteiger partial charge in [-0.05, 0) is 80.8 Å². The molecule has 31 heavy (non-hydrogen) atoms. The Morgan fingerprint density at radius 3 is 1.87 bits per heavy atom. The van der Waals surface area contributed by atoms with Gasteiger partial charge >= 0.3 is 11.9 Å². The van der Waals surface area contributed by atoms with E-state index in [0.717, 1.165) is 27.2 Å². The lowest BCUT2D eigenvalue weighted by molar-refractivity contribution is -0.138. The average Bonchev–Trinajstić information content (AvgIpc) is 2.71.